The van der Waals surface area contributed by atoms with Gasteiger partial charge in [-0.05, 0) is 45.0 Å². The first-order valence-corrected chi connectivity index (χ1v) is 9.53. The maximum Gasteiger partial charge on any atom is 0.307 e. The van der Waals surface area contributed by atoms with E-state index >= 15 is 0 Å². The third-order valence-electron chi connectivity index (χ3n) is 3.82. The molecule has 1 amide bonds. The van der Waals surface area contributed by atoms with Crippen molar-refractivity contribution in [2.24, 2.45) is 7.05 Å². The summed E-state index contributed by atoms with van der Waals surface area (Å²) in [6.45, 7) is 5.23. The van der Waals surface area contributed by atoms with E-state index in [2.05, 4.69) is 10.4 Å². The SMILES string of the molecule is Cc1nn(C)c(C)c1NC(=O)[C@H](C)OC(=O)CCSc1ccc(Cl)cc1. The predicted octanol–water partition coefficient (Wildman–Crippen LogP) is 3.74. The van der Waals surface area contributed by atoms with Gasteiger partial charge in [0.05, 0.1) is 23.5 Å². The number of thioether (sulfide) groups is 1. The standard InChI is InChI=1S/C18H22ClN3O3S/c1-11-17(12(2)22(4)21-11)20-18(24)13(3)25-16(23)9-10-26-15-7-5-14(19)6-8-15/h5-8,13H,9-10H2,1-4H3,(H,20,24)/t13-/m0/s1. The molecule has 0 aliphatic rings. The quantitative estimate of drug-likeness (QED) is 0.571. The fourth-order valence-electron chi connectivity index (χ4n) is 2.27. The van der Waals surface area contributed by atoms with Gasteiger partial charge in [-0.2, -0.15) is 5.10 Å². The highest BCUT2D eigenvalue weighted by Crippen LogP contribution is 2.21. The van der Waals surface area contributed by atoms with Gasteiger partial charge in [-0.1, -0.05) is 11.6 Å². The van der Waals surface area contributed by atoms with Crippen LogP contribution in [-0.4, -0.2) is 33.5 Å². The Morgan fingerprint density at radius 3 is 2.54 bits per heavy atom. The van der Waals surface area contributed by atoms with Crippen molar-refractivity contribution in [3.63, 3.8) is 0 Å². The number of carbonyl (C=O) groups is 2. The smallest absolute Gasteiger partial charge is 0.307 e. The van der Waals surface area contributed by atoms with Crippen LogP contribution in [0.5, 0.6) is 0 Å². The van der Waals surface area contributed by atoms with Crippen LogP contribution in [0.3, 0.4) is 0 Å². The van der Waals surface area contributed by atoms with Gasteiger partial charge in [-0.25, -0.2) is 0 Å². The van der Waals surface area contributed by atoms with Gasteiger partial charge in [-0.3, -0.25) is 14.3 Å². The number of hydrogen-bond donors (Lipinski definition) is 1. The number of benzene rings is 1. The van der Waals surface area contributed by atoms with Gasteiger partial charge in [0.15, 0.2) is 6.10 Å². The Morgan fingerprint density at radius 2 is 1.96 bits per heavy atom. The van der Waals surface area contributed by atoms with Crippen LogP contribution in [0.1, 0.15) is 24.7 Å². The molecule has 1 atom stereocenters. The first kappa shape index (κ1) is 20.3. The summed E-state index contributed by atoms with van der Waals surface area (Å²) in [4.78, 5) is 25.2. The number of rotatable bonds is 7. The number of esters is 1. The van der Waals surface area contributed by atoms with Crippen LogP contribution >= 0.6 is 23.4 Å². The van der Waals surface area contributed by atoms with E-state index < -0.39 is 12.1 Å². The zero-order chi connectivity index (χ0) is 19.3. The number of anilines is 1. The van der Waals surface area contributed by atoms with Crippen LogP contribution in [0.2, 0.25) is 5.02 Å². The van der Waals surface area contributed by atoms with E-state index in [-0.39, 0.29) is 12.3 Å². The molecule has 0 aliphatic heterocycles. The summed E-state index contributed by atoms with van der Waals surface area (Å²) in [5, 5.41) is 7.69. The maximum atomic E-state index is 12.2. The van der Waals surface area contributed by atoms with E-state index in [4.69, 9.17) is 16.3 Å². The van der Waals surface area contributed by atoms with Crippen LogP contribution in [-0.2, 0) is 21.4 Å². The highest BCUT2D eigenvalue weighted by atomic mass is 35.5. The second-order valence-electron chi connectivity index (χ2n) is 5.84. The summed E-state index contributed by atoms with van der Waals surface area (Å²) in [5.74, 6) is -0.216. The van der Waals surface area contributed by atoms with Crippen LogP contribution < -0.4 is 5.32 Å². The predicted molar refractivity (Wildman–Crippen MR) is 104 cm³/mol. The molecule has 0 saturated carbocycles. The minimum Gasteiger partial charge on any atom is -0.453 e. The molecule has 6 nitrogen and oxygen atoms in total. The number of hydrogen-bond acceptors (Lipinski definition) is 5. The van der Waals surface area contributed by atoms with Gasteiger partial charge < -0.3 is 10.1 Å². The van der Waals surface area contributed by atoms with Crippen molar-refractivity contribution < 1.29 is 14.3 Å². The molecule has 8 heteroatoms. The average molecular weight is 396 g/mol. The molecule has 26 heavy (non-hydrogen) atoms. The van der Waals surface area contributed by atoms with Crippen LogP contribution in [0.15, 0.2) is 29.2 Å². The van der Waals surface area contributed by atoms with Gasteiger partial charge in [0.25, 0.3) is 5.91 Å². The highest BCUT2D eigenvalue weighted by molar-refractivity contribution is 7.99. The van der Waals surface area contributed by atoms with Crippen molar-refractivity contribution in [2.75, 3.05) is 11.1 Å². The molecule has 0 saturated heterocycles. The summed E-state index contributed by atoms with van der Waals surface area (Å²) in [6, 6.07) is 7.40. The van der Waals surface area contributed by atoms with Crippen LogP contribution in [0.4, 0.5) is 5.69 Å². The first-order chi connectivity index (χ1) is 12.3. The summed E-state index contributed by atoms with van der Waals surface area (Å²) in [6.07, 6.45) is -0.655. The maximum absolute atomic E-state index is 12.2. The Kier molecular flexibility index (Phi) is 7.11. The molecule has 1 N–H and O–H groups in total. The second-order valence-corrected chi connectivity index (χ2v) is 7.45. The van der Waals surface area contributed by atoms with Gasteiger partial charge >= 0.3 is 5.97 Å². The molecule has 2 rings (SSSR count). The number of aryl methyl sites for hydroxylation is 2. The van der Waals surface area contributed by atoms with Crippen molar-refractivity contribution in [1.29, 1.82) is 0 Å². The Morgan fingerprint density at radius 1 is 1.31 bits per heavy atom. The minimum absolute atomic E-state index is 0.218. The van der Waals surface area contributed by atoms with E-state index in [1.54, 1.807) is 30.8 Å². The van der Waals surface area contributed by atoms with Gasteiger partial charge in [0.2, 0.25) is 0 Å². The van der Waals surface area contributed by atoms with Crippen molar-refractivity contribution in [3.05, 3.63) is 40.7 Å². The van der Waals surface area contributed by atoms with E-state index in [9.17, 15) is 9.59 Å². The molecule has 0 spiro atoms. The zero-order valence-electron chi connectivity index (χ0n) is 15.2. The van der Waals surface area contributed by atoms with Crippen molar-refractivity contribution in [1.82, 2.24) is 9.78 Å². The normalized spacial score (nSPS) is 11.9. The third-order valence-corrected chi connectivity index (χ3v) is 5.09. The second kappa shape index (κ2) is 9.09. The van der Waals surface area contributed by atoms with Gasteiger partial charge in [0, 0.05) is 22.7 Å². The summed E-state index contributed by atoms with van der Waals surface area (Å²) in [5.41, 5.74) is 2.21. The number of aromatic nitrogens is 2. The number of nitrogens with zero attached hydrogens (tertiary/aromatic N) is 2. The Hall–Kier alpha value is -1.99. The lowest BCUT2D eigenvalue weighted by molar-refractivity contribution is -0.152. The van der Waals surface area contributed by atoms with Crippen LogP contribution in [0.25, 0.3) is 0 Å². The van der Waals surface area contributed by atoms with E-state index in [1.807, 2.05) is 26.0 Å². The molecule has 140 valence electrons. The Bertz CT molecular complexity index is 790. The van der Waals surface area contributed by atoms with Gasteiger partial charge in [-0.15, -0.1) is 11.8 Å². The lowest BCUT2D eigenvalue weighted by atomic mass is 10.3. The molecule has 1 aromatic heterocycles. The summed E-state index contributed by atoms with van der Waals surface area (Å²) in [7, 11) is 1.81. The molecule has 0 aliphatic carbocycles. The summed E-state index contributed by atoms with van der Waals surface area (Å²) < 4.78 is 6.91. The molecule has 0 unspecified atom stereocenters. The number of ether oxygens (including phenoxy) is 1. The van der Waals surface area contributed by atoms with E-state index in [0.29, 0.717) is 16.5 Å². The lowest BCUT2D eigenvalue weighted by Gasteiger charge is -2.13. The topological polar surface area (TPSA) is 73.2 Å². The summed E-state index contributed by atoms with van der Waals surface area (Å²) >= 11 is 7.37. The molecule has 1 heterocycles. The largest absolute Gasteiger partial charge is 0.453 e. The van der Waals surface area contributed by atoms with Gasteiger partial charge in [0.1, 0.15) is 0 Å². The number of amides is 1. The first-order valence-electron chi connectivity index (χ1n) is 8.17. The monoisotopic (exact) mass is 395 g/mol. The van der Waals surface area contributed by atoms with E-state index in [0.717, 1.165) is 16.3 Å². The highest BCUT2D eigenvalue weighted by Gasteiger charge is 2.20. The Balaban J connectivity index is 1.78. The fourth-order valence-corrected chi connectivity index (χ4v) is 3.23. The molecule has 1 aromatic carbocycles. The third kappa shape index (κ3) is 5.51. The molecular formula is C18H22ClN3O3S. The molecule has 0 radical (unpaired) electrons. The van der Waals surface area contributed by atoms with Crippen molar-refractivity contribution >= 4 is 40.9 Å². The average Bonchev–Trinajstić information content (AvgIpc) is 2.82. The minimum atomic E-state index is -0.873. The molecular weight excluding hydrogens is 374 g/mol. The molecule has 2 aromatic rings. The number of halogens is 1. The molecule has 0 fully saturated rings. The van der Waals surface area contributed by atoms with Crippen LogP contribution in [0, 0.1) is 13.8 Å². The van der Waals surface area contributed by atoms with Crippen molar-refractivity contribution in [2.45, 2.75) is 38.2 Å². The molecule has 0 bridgehead atoms. The Labute approximate surface area is 162 Å². The van der Waals surface area contributed by atoms with Crippen molar-refractivity contribution in [3.8, 4) is 0 Å². The lowest BCUT2D eigenvalue weighted by Crippen LogP contribution is -2.30. The number of carbonyl (C=O) groups excluding carboxylic acids is 2. The zero-order valence-corrected chi connectivity index (χ0v) is 16.8. The van der Waals surface area contributed by atoms with E-state index in [1.165, 1.54) is 11.8 Å². The number of nitrogens with one attached hydrogen (secondary N) is 1. The fraction of sp³-hybridized carbons (Fsp3) is 0.389.